The van der Waals surface area contributed by atoms with E-state index in [9.17, 15) is 14.7 Å². The van der Waals surface area contributed by atoms with Gasteiger partial charge < -0.3 is 14.6 Å². The number of unbranched alkanes of at least 4 members (excludes halogenated alkanes) is 41. The molecule has 0 aromatic rings. The number of aliphatic hydroxyl groups is 1. The molecule has 0 aliphatic carbocycles. The Morgan fingerprint density at radius 3 is 0.861 bits per heavy atom. The Kier molecular flexibility index (Phi) is 60.8. The number of hydrogen-bond donors (Lipinski definition) is 1. The molecule has 0 heterocycles. The summed E-state index contributed by atoms with van der Waals surface area (Å²) in [6, 6.07) is 0. The predicted octanol–water partition coefficient (Wildman–Crippen LogP) is 21.8. The smallest absolute Gasteiger partial charge is 0.306 e. The number of hydrogen-bond acceptors (Lipinski definition) is 5. The average molecular weight is 1010 g/mol. The summed E-state index contributed by atoms with van der Waals surface area (Å²) in [5.41, 5.74) is 0. The van der Waals surface area contributed by atoms with Gasteiger partial charge in [-0.2, -0.15) is 0 Å². The SMILES string of the molecule is CCCCC/C=C\C/C=C\CCCCCCCCCC(=O)OCC(CO)OC(=O)CCCCCCCCCCCCCCCCCCCCCCCCCCCC/C=C\C/C=C\C/C=C\CCCCCCC. The van der Waals surface area contributed by atoms with Crippen LogP contribution in [0.5, 0.6) is 0 Å². The molecular weight excluding hydrogens is 885 g/mol. The van der Waals surface area contributed by atoms with E-state index in [1.54, 1.807) is 0 Å². The van der Waals surface area contributed by atoms with Gasteiger partial charge in [0.1, 0.15) is 6.61 Å². The van der Waals surface area contributed by atoms with Gasteiger partial charge in [0.2, 0.25) is 0 Å². The molecular formula is C67H122O5. The van der Waals surface area contributed by atoms with Crippen LogP contribution in [0.4, 0.5) is 0 Å². The highest BCUT2D eigenvalue weighted by molar-refractivity contribution is 5.70. The van der Waals surface area contributed by atoms with Gasteiger partial charge in [0, 0.05) is 12.8 Å². The van der Waals surface area contributed by atoms with Gasteiger partial charge in [-0.05, 0) is 83.5 Å². The van der Waals surface area contributed by atoms with Crippen molar-refractivity contribution in [3.63, 3.8) is 0 Å². The summed E-state index contributed by atoms with van der Waals surface area (Å²) >= 11 is 0. The van der Waals surface area contributed by atoms with E-state index in [1.807, 2.05) is 0 Å². The molecule has 420 valence electrons. The zero-order chi connectivity index (χ0) is 52.0. The number of esters is 2. The maximum absolute atomic E-state index is 12.3. The Bertz CT molecular complexity index is 1230. The predicted molar refractivity (Wildman–Crippen MR) is 316 cm³/mol. The second kappa shape index (κ2) is 62.9. The van der Waals surface area contributed by atoms with Crippen LogP contribution in [0.15, 0.2) is 60.8 Å². The third-order valence-electron chi connectivity index (χ3n) is 14.3. The first-order valence-corrected chi connectivity index (χ1v) is 31.8. The van der Waals surface area contributed by atoms with Gasteiger partial charge in [0.15, 0.2) is 6.10 Å². The highest BCUT2D eigenvalue weighted by Gasteiger charge is 2.16. The van der Waals surface area contributed by atoms with Crippen LogP contribution in [0.25, 0.3) is 0 Å². The lowest BCUT2D eigenvalue weighted by Gasteiger charge is -2.15. The van der Waals surface area contributed by atoms with Crippen LogP contribution >= 0.6 is 0 Å². The Balaban J connectivity index is 3.39. The summed E-state index contributed by atoms with van der Waals surface area (Å²) in [5.74, 6) is -0.586. The van der Waals surface area contributed by atoms with Gasteiger partial charge in [-0.25, -0.2) is 0 Å². The van der Waals surface area contributed by atoms with Crippen LogP contribution in [-0.2, 0) is 19.1 Å². The number of carbonyl (C=O) groups excluding carboxylic acids is 2. The van der Waals surface area contributed by atoms with E-state index in [4.69, 9.17) is 9.47 Å². The maximum Gasteiger partial charge on any atom is 0.306 e. The van der Waals surface area contributed by atoms with Crippen molar-refractivity contribution in [3.8, 4) is 0 Å². The first-order valence-electron chi connectivity index (χ1n) is 31.8. The molecule has 0 aromatic carbocycles. The molecule has 0 spiro atoms. The van der Waals surface area contributed by atoms with E-state index in [1.165, 1.54) is 244 Å². The number of carbonyl (C=O) groups is 2. The third-order valence-corrected chi connectivity index (χ3v) is 14.3. The normalized spacial score (nSPS) is 12.5. The first kappa shape index (κ1) is 69.6. The zero-order valence-electron chi connectivity index (χ0n) is 48.2. The summed E-state index contributed by atoms with van der Waals surface area (Å²) in [6.45, 7) is 4.13. The molecule has 0 bridgehead atoms. The van der Waals surface area contributed by atoms with Crippen LogP contribution in [0, 0.1) is 0 Å². The van der Waals surface area contributed by atoms with Crippen molar-refractivity contribution >= 4 is 11.9 Å². The zero-order valence-corrected chi connectivity index (χ0v) is 48.2. The maximum atomic E-state index is 12.3. The fourth-order valence-electron chi connectivity index (χ4n) is 9.48. The van der Waals surface area contributed by atoms with Crippen molar-refractivity contribution in [1.29, 1.82) is 0 Å². The van der Waals surface area contributed by atoms with Crippen molar-refractivity contribution < 1.29 is 24.2 Å². The molecule has 5 heteroatoms. The van der Waals surface area contributed by atoms with Crippen molar-refractivity contribution in [3.05, 3.63) is 60.8 Å². The molecule has 0 aliphatic heterocycles. The number of allylic oxidation sites excluding steroid dienone is 10. The summed E-state index contributed by atoms with van der Waals surface area (Å²) in [5, 5.41) is 9.65. The van der Waals surface area contributed by atoms with Crippen molar-refractivity contribution in [1.82, 2.24) is 0 Å². The van der Waals surface area contributed by atoms with Crippen molar-refractivity contribution in [2.75, 3.05) is 13.2 Å². The number of ether oxygens (including phenoxy) is 2. The van der Waals surface area contributed by atoms with Gasteiger partial charge in [-0.3, -0.25) is 9.59 Å². The molecule has 0 aromatic heterocycles. The van der Waals surface area contributed by atoms with Crippen LogP contribution in [0.1, 0.15) is 335 Å². The Morgan fingerprint density at radius 2 is 0.556 bits per heavy atom. The van der Waals surface area contributed by atoms with Gasteiger partial charge >= 0.3 is 11.9 Å². The molecule has 1 atom stereocenters. The molecule has 5 nitrogen and oxygen atoms in total. The van der Waals surface area contributed by atoms with E-state index in [0.29, 0.717) is 12.8 Å². The quantitative estimate of drug-likeness (QED) is 0.0373. The van der Waals surface area contributed by atoms with E-state index in [2.05, 4.69) is 74.6 Å². The lowest BCUT2D eigenvalue weighted by molar-refractivity contribution is -0.161. The number of rotatable bonds is 59. The molecule has 0 rings (SSSR count). The minimum atomic E-state index is -0.775. The molecule has 1 N–H and O–H groups in total. The van der Waals surface area contributed by atoms with E-state index in [-0.39, 0.29) is 25.2 Å². The standard InChI is InChI=1S/C67H122O5/c1-3-5-7-9-11-13-15-17-19-21-22-23-24-25-26-27-28-29-30-31-32-33-34-35-36-37-38-39-40-41-42-43-44-46-48-50-52-54-56-58-60-62-67(70)72-65(63-68)64-71-66(69)61-59-57-55-53-51-49-47-45-20-18-16-14-12-10-8-6-4-2/h12,14-15,17-18,20-22,24-25,65,68H,3-11,13,16,19,23,26-64H2,1-2H3/b14-12-,17-15-,20-18-,22-21-,25-24-. The molecule has 0 fully saturated rings. The molecule has 72 heavy (non-hydrogen) atoms. The fourth-order valence-corrected chi connectivity index (χ4v) is 9.48. The summed E-state index contributed by atoms with van der Waals surface area (Å²) in [7, 11) is 0. The minimum Gasteiger partial charge on any atom is -0.462 e. The number of aliphatic hydroxyl groups excluding tert-OH is 1. The summed E-state index contributed by atoms with van der Waals surface area (Å²) in [6.07, 6.45) is 85.2. The molecule has 1 unspecified atom stereocenters. The molecule has 0 radical (unpaired) electrons. The Hall–Kier alpha value is -2.40. The van der Waals surface area contributed by atoms with Crippen LogP contribution in [0.3, 0.4) is 0 Å². The van der Waals surface area contributed by atoms with Gasteiger partial charge in [0.05, 0.1) is 6.61 Å². The Morgan fingerprint density at radius 1 is 0.319 bits per heavy atom. The van der Waals surface area contributed by atoms with Gasteiger partial charge in [-0.1, -0.05) is 299 Å². The monoisotopic (exact) mass is 1010 g/mol. The highest BCUT2D eigenvalue weighted by Crippen LogP contribution is 2.18. The summed E-state index contributed by atoms with van der Waals surface area (Å²) < 4.78 is 10.7. The highest BCUT2D eigenvalue weighted by atomic mass is 16.6. The lowest BCUT2D eigenvalue weighted by atomic mass is 10.0. The topological polar surface area (TPSA) is 72.8 Å². The largest absolute Gasteiger partial charge is 0.462 e. The van der Waals surface area contributed by atoms with Crippen molar-refractivity contribution in [2.24, 2.45) is 0 Å². The van der Waals surface area contributed by atoms with E-state index >= 15 is 0 Å². The third kappa shape index (κ3) is 60.2. The fraction of sp³-hybridized carbons (Fsp3) is 0.821. The second-order valence-electron chi connectivity index (χ2n) is 21.5. The molecule has 0 saturated carbocycles. The average Bonchev–Trinajstić information content (AvgIpc) is 3.38. The van der Waals surface area contributed by atoms with Gasteiger partial charge in [-0.15, -0.1) is 0 Å². The first-order chi connectivity index (χ1) is 35.6. The van der Waals surface area contributed by atoms with E-state index < -0.39 is 6.10 Å². The van der Waals surface area contributed by atoms with Crippen LogP contribution < -0.4 is 0 Å². The summed E-state index contributed by atoms with van der Waals surface area (Å²) in [4.78, 5) is 24.5. The van der Waals surface area contributed by atoms with Crippen LogP contribution in [-0.4, -0.2) is 36.4 Å². The van der Waals surface area contributed by atoms with E-state index in [0.717, 1.165) is 64.2 Å². The minimum absolute atomic E-state index is 0.0672. The Labute approximate surface area is 449 Å². The van der Waals surface area contributed by atoms with Crippen LogP contribution in [0.2, 0.25) is 0 Å². The van der Waals surface area contributed by atoms with Crippen molar-refractivity contribution in [2.45, 2.75) is 341 Å². The molecule has 0 aliphatic rings. The molecule has 0 amide bonds. The molecule has 0 saturated heterocycles. The van der Waals surface area contributed by atoms with Gasteiger partial charge in [0.25, 0.3) is 0 Å². The lowest BCUT2D eigenvalue weighted by Crippen LogP contribution is -2.28. The second-order valence-corrected chi connectivity index (χ2v) is 21.5.